The summed E-state index contributed by atoms with van der Waals surface area (Å²) in [5.74, 6) is 1.11. The molecule has 0 heterocycles. The summed E-state index contributed by atoms with van der Waals surface area (Å²) < 4.78 is 0. The molecule has 0 nitrogen and oxygen atoms in total. The Labute approximate surface area is 185 Å². The summed E-state index contributed by atoms with van der Waals surface area (Å²) in [5, 5.41) is 0. The smallest absolute Gasteiger partial charge is 0.171 e. The van der Waals surface area contributed by atoms with Crippen molar-refractivity contribution in [1.82, 2.24) is 0 Å². The van der Waals surface area contributed by atoms with Crippen LogP contribution in [0.15, 0.2) is 65.8 Å². The largest absolute Gasteiger partial charge is 0.184 e. The molecule has 0 aliphatic heterocycles. The molecule has 0 bridgehead atoms. The first kappa shape index (κ1) is 32.5. The van der Waals surface area contributed by atoms with Crippen LogP contribution in [-0.2, 0) is 23.3 Å². The van der Waals surface area contributed by atoms with Crippen molar-refractivity contribution in [2.24, 2.45) is 11.8 Å². The minimum absolute atomic E-state index is 0. The Hall–Kier alpha value is -0.140. The Morgan fingerprint density at radius 2 is 1.16 bits per heavy atom. The topological polar surface area (TPSA) is 0 Å². The summed E-state index contributed by atoms with van der Waals surface area (Å²) >= 11 is 1.58. The molecule has 3 rings (SSSR count). The molecule has 0 fully saturated rings. The summed E-state index contributed by atoms with van der Waals surface area (Å²) in [6.45, 7) is 10.4. The average Bonchev–Trinajstić information content (AvgIpc) is 3.11. The Balaban J connectivity index is -0.000000119. The molecule has 2 aliphatic carbocycles. The predicted octanol–water partition coefficient (Wildman–Crippen LogP) is 5.75. The van der Waals surface area contributed by atoms with E-state index >= 15 is 0 Å². The fourth-order valence-corrected chi connectivity index (χ4v) is 1.83. The molecule has 2 unspecified atom stereocenters. The quantitative estimate of drug-likeness (QED) is 0.333. The van der Waals surface area contributed by atoms with Gasteiger partial charge in [0.15, 0.2) is 0 Å². The van der Waals surface area contributed by atoms with E-state index in [1.54, 1.807) is 23.3 Å². The van der Waals surface area contributed by atoms with Gasteiger partial charge in [-0.15, -0.1) is 24.8 Å². The van der Waals surface area contributed by atoms with Crippen molar-refractivity contribution < 1.29 is 23.3 Å². The van der Waals surface area contributed by atoms with Crippen molar-refractivity contribution in [3.63, 3.8) is 0 Å². The SMILES string of the molecule is CC1=[C-]C(C)C=C1.CC1=[C-]C(C)C=C1.Cl.Cl.[CH3-].[SiH2]=[Zr].[c-]1ccccc1. The Kier molecular flexibility index (Phi) is 28.5. The van der Waals surface area contributed by atoms with Crippen molar-refractivity contribution in [2.45, 2.75) is 27.7 Å². The van der Waals surface area contributed by atoms with Gasteiger partial charge in [0.25, 0.3) is 0 Å². The van der Waals surface area contributed by atoms with Crippen LogP contribution < -0.4 is 0 Å². The third-order valence-corrected chi connectivity index (χ3v) is 2.79. The molecule has 0 N–H and O–H groups in total. The molecular formula is C21H30Cl2SiZr-4. The van der Waals surface area contributed by atoms with Gasteiger partial charge in [-0.1, -0.05) is 39.5 Å². The van der Waals surface area contributed by atoms with Crippen LogP contribution in [0.5, 0.6) is 0 Å². The maximum absolute atomic E-state index is 3.22. The summed E-state index contributed by atoms with van der Waals surface area (Å²) in [6.07, 6.45) is 14.9. The third kappa shape index (κ3) is 20.0. The normalized spacial score (nSPS) is 17.9. The van der Waals surface area contributed by atoms with E-state index in [-0.39, 0.29) is 32.2 Å². The molecule has 1 aromatic carbocycles. The van der Waals surface area contributed by atoms with Crippen LogP contribution in [0.25, 0.3) is 0 Å². The van der Waals surface area contributed by atoms with Crippen LogP contribution >= 0.6 is 24.8 Å². The summed E-state index contributed by atoms with van der Waals surface area (Å²) in [6, 6.07) is 12.5. The summed E-state index contributed by atoms with van der Waals surface area (Å²) in [5.41, 5.74) is 2.54. The van der Waals surface area contributed by atoms with E-state index in [2.05, 4.69) is 70.2 Å². The first-order valence-corrected chi connectivity index (χ1v) is 13.3. The Bertz CT molecular complexity index is 463. The van der Waals surface area contributed by atoms with E-state index in [1.165, 1.54) is 11.1 Å². The molecule has 0 spiro atoms. The minimum Gasteiger partial charge on any atom is -0.184 e. The molecule has 140 valence electrons. The zero-order chi connectivity index (χ0) is 16.8. The molecule has 4 heteroatoms. The molecule has 1 aromatic rings. The summed E-state index contributed by atoms with van der Waals surface area (Å²) in [7, 11) is 0. The maximum atomic E-state index is 3.22. The molecule has 0 aromatic heterocycles. The van der Waals surface area contributed by atoms with Gasteiger partial charge in [-0.25, -0.2) is 23.3 Å². The number of rotatable bonds is 0. The molecule has 0 saturated carbocycles. The van der Waals surface area contributed by atoms with Gasteiger partial charge in [-0.2, -0.15) is 48.6 Å². The van der Waals surface area contributed by atoms with Crippen LogP contribution in [0.3, 0.4) is 0 Å². The fourth-order valence-electron chi connectivity index (χ4n) is 1.83. The Morgan fingerprint density at radius 3 is 1.24 bits per heavy atom. The third-order valence-electron chi connectivity index (χ3n) is 2.79. The van der Waals surface area contributed by atoms with E-state index in [1.807, 2.05) is 37.2 Å². The van der Waals surface area contributed by atoms with E-state index in [0.29, 0.717) is 11.8 Å². The van der Waals surface area contributed by atoms with Crippen molar-refractivity contribution >= 4 is 31.7 Å². The maximum Gasteiger partial charge on any atom is -0.171 e. The molecule has 0 amide bonds. The number of allylic oxidation sites excluding steroid dienone is 8. The van der Waals surface area contributed by atoms with Gasteiger partial charge in [0.05, 0.1) is 0 Å². The van der Waals surface area contributed by atoms with Crippen molar-refractivity contribution in [3.05, 3.63) is 91.4 Å². The zero-order valence-electron chi connectivity index (χ0n) is 15.9. The van der Waals surface area contributed by atoms with E-state index in [9.17, 15) is 0 Å². The van der Waals surface area contributed by atoms with Crippen LogP contribution in [-0.4, -0.2) is 6.88 Å². The second-order valence-corrected chi connectivity index (χ2v) is 5.03. The van der Waals surface area contributed by atoms with Gasteiger partial charge in [0, 0.05) is 0 Å². The zero-order valence-corrected chi connectivity index (χ0v) is 21.4. The number of hydrogen-bond donors (Lipinski definition) is 0. The predicted molar refractivity (Wildman–Crippen MR) is 116 cm³/mol. The van der Waals surface area contributed by atoms with Crippen LogP contribution in [0.4, 0.5) is 0 Å². The summed E-state index contributed by atoms with van der Waals surface area (Å²) in [4.78, 5) is 0. The van der Waals surface area contributed by atoms with Crippen LogP contribution in [0.1, 0.15) is 27.7 Å². The van der Waals surface area contributed by atoms with Gasteiger partial charge in [-0.3, -0.25) is 12.2 Å². The van der Waals surface area contributed by atoms with Gasteiger partial charge in [0.1, 0.15) is 0 Å². The molecule has 0 radical (unpaired) electrons. The number of hydrogen-bond acceptors (Lipinski definition) is 0. The average molecular weight is 473 g/mol. The minimum atomic E-state index is 0. The second kappa shape index (κ2) is 21.9. The molecule has 25 heavy (non-hydrogen) atoms. The standard InChI is InChI=1S/2C7H9.C6H5.CH3.2ClH.H2Si.Zr/c2*1-6-3-4-7(2)5-6;1-2-4-6-5-3-1;;;;;/h2*3-4,6H,1-2H3;1-5H;1H3;2*1H;1H2;/q4*-1;;;;. The van der Waals surface area contributed by atoms with Gasteiger partial charge in [-0.05, 0) is 0 Å². The van der Waals surface area contributed by atoms with Crippen molar-refractivity contribution in [1.29, 1.82) is 0 Å². The number of halogens is 2. The van der Waals surface area contributed by atoms with E-state index in [0.717, 1.165) is 0 Å². The van der Waals surface area contributed by atoms with E-state index < -0.39 is 0 Å². The van der Waals surface area contributed by atoms with Crippen LogP contribution in [0, 0.1) is 37.5 Å². The van der Waals surface area contributed by atoms with Gasteiger partial charge < -0.3 is 7.43 Å². The fraction of sp³-hybridized carbons (Fsp3) is 0.286. The van der Waals surface area contributed by atoms with E-state index in [4.69, 9.17) is 0 Å². The van der Waals surface area contributed by atoms with Crippen molar-refractivity contribution in [2.75, 3.05) is 0 Å². The number of benzene rings is 1. The van der Waals surface area contributed by atoms with Crippen molar-refractivity contribution in [3.8, 4) is 0 Å². The molecule has 0 saturated heterocycles. The Morgan fingerprint density at radius 1 is 0.800 bits per heavy atom. The molecular weight excluding hydrogens is 442 g/mol. The first-order chi connectivity index (χ1) is 10.6. The van der Waals surface area contributed by atoms with Gasteiger partial charge >= 0.3 is 30.2 Å². The first-order valence-electron chi connectivity index (χ1n) is 7.41. The molecule has 2 atom stereocenters. The second-order valence-electron chi connectivity index (χ2n) is 5.03. The van der Waals surface area contributed by atoms with Crippen LogP contribution in [0.2, 0.25) is 0 Å². The molecule has 2 aliphatic rings. The monoisotopic (exact) mass is 470 g/mol. The van der Waals surface area contributed by atoms with Gasteiger partial charge in [0.2, 0.25) is 0 Å².